The van der Waals surface area contributed by atoms with Crippen molar-refractivity contribution in [3.05, 3.63) is 48.3 Å². The number of fused-ring (bicyclic) bond motifs is 2. The number of carbonyl (C=O) groups excluding carboxylic acids is 1. The normalized spacial score (nSPS) is 28.5. The highest BCUT2D eigenvalue weighted by Gasteiger charge is 2.62. The lowest BCUT2D eigenvalue weighted by molar-refractivity contribution is -0.190. The summed E-state index contributed by atoms with van der Waals surface area (Å²) in [5, 5.41) is 13.5. The van der Waals surface area contributed by atoms with Crippen molar-refractivity contribution in [1.82, 2.24) is 20.3 Å². The van der Waals surface area contributed by atoms with Gasteiger partial charge in [0.1, 0.15) is 17.2 Å². The minimum atomic E-state index is -4.20. The van der Waals surface area contributed by atoms with Gasteiger partial charge < -0.3 is 35.3 Å². The fourth-order valence-corrected chi connectivity index (χ4v) is 5.04. The maximum Gasteiger partial charge on any atom is 0.394 e. The van der Waals surface area contributed by atoms with E-state index in [1.54, 1.807) is 6.08 Å². The number of nitrogens with two attached hydrogens (primary N) is 1. The van der Waals surface area contributed by atoms with Crippen molar-refractivity contribution in [1.29, 1.82) is 5.41 Å². The second-order valence-corrected chi connectivity index (χ2v) is 11.5. The summed E-state index contributed by atoms with van der Waals surface area (Å²) in [5.41, 5.74) is 4.55. The van der Waals surface area contributed by atoms with Gasteiger partial charge in [-0.15, -0.1) is 0 Å². The van der Waals surface area contributed by atoms with E-state index in [9.17, 15) is 22.5 Å². The number of carbonyl (C=O) groups is 1. The first-order chi connectivity index (χ1) is 18.4. The van der Waals surface area contributed by atoms with Crippen LogP contribution in [0.4, 0.5) is 13.2 Å². The van der Waals surface area contributed by atoms with Crippen LogP contribution in [0, 0.1) is 10.8 Å². The molecule has 14 heteroatoms. The summed E-state index contributed by atoms with van der Waals surface area (Å²) in [6.45, 7) is 5.59. The first kappa shape index (κ1) is 30.7. The molecule has 0 aromatic rings. The summed E-state index contributed by atoms with van der Waals surface area (Å²) >= 11 is -2.10. The van der Waals surface area contributed by atoms with E-state index in [4.69, 9.17) is 20.6 Å². The molecule has 0 radical (unpaired) electrons. The lowest BCUT2D eigenvalue weighted by Gasteiger charge is -2.34. The van der Waals surface area contributed by atoms with Gasteiger partial charge >= 0.3 is 6.18 Å². The molecule has 1 saturated heterocycles. The van der Waals surface area contributed by atoms with E-state index in [0.29, 0.717) is 26.1 Å². The fourth-order valence-electron chi connectivity index (χ4n) is 4.46. The van der Waals surface area contributed by atoms with Crippen molar-refractivity contribution >= 4 is 22.3 Å². The highest BCUT2D eigenvalue weighted by molar-refractivity contribution is 8.05. The number of nitrogens with one attached hydrogen (secondary N) is 4. The van der Waals surface area contributed by atoms with Crippen LogP contribution < -0.4 is 21.1 Å². The second kappa shape index (κ2) is 13.0. The molecule has 3 rings (SSSR count). The largest absolute Gasteiger partial charge is 0.587 e. The number of amides is 1. The monoisotopic (exact) mass is 574 g/mol. The minimum absolute atomic E-state index is 0.0369. The second-order valence-electron chi connectivity index (χ2n) is 10.3. The van der Waals surface area contributed by atoms with Crippen molar-refractivity contribution in [2.75, 3.05) is 32.8 Å². The van der Waals surface area contributed by atoms with Crippen molar-refractivity contribution < 1.29 is 32.0 Å². The quantitative estimate of drug-likeness (QED) is 0.169. The highest BCUT2D eigenvalue weighted by Crippen LogP contribution is 2.59. The van der Waals surface area contributed by atoms with Crippen LogP contribution >= 0.6 is 0 Å². The Bertz CT molecular complexity index is 1010. The molecule has 6 N–H and O–H groups in total. The average molecular weight is 575 g/mol. The molecular weight excluding hydrogens is 537 g/mol. The number of hydrogen-bond acceptors (Lipinski definition) is 9. The van der Waals surface area contributed by atoms with Crippen LogP contribution in [-0.2, 0) is 25.6 Å². The van der Waals surface area contributed by atoms with Crippen molar-refractivity contribution in [3.8, 4) is 0 Å². The number of ether oxygens (including phenoxy) is 2. The molecule has 2 heterocycles. The Morgan fingerprint density at radius 2 is 2.15 bits per heavy atom. The molecule has 2 atom stereocenters. The molecule has 39 heavy (non-hydrogen) atoms. The maximum absolute atomic E-state index is 13.1. The number of nitrogens with zero attached hydrogens (tertiary/aromatic N) is 1. The van der Waals surface area contributed by atoms with Gasteiger partial charge in [-0.25, -0.2) is 0 Å². The van der Waals surface area contributed by atoms with Crippen LogP contribution in [0.5, 0.6) is 0 Å². The molecular formula is C25H37F3N6O4S. The van der Waals surface area contributed by atoms with Crippen molar-refractivity contribution in [3.63, 3.8) is 0 Å². The zero-order valence-electron chi connectivity index (χ0n) is 22.1. The molecule has 2 aliphatic heterocycles. The Morgan fingerprint density at radius 1 is 1.41 bits per heavy atom. The van der Waals surface area contributed by atoms with Gasteiger partial charge in [0, 0.05) is 43.6 Å². The first-order valence-electron chi connectivity index (χ1n) is 12.7. The van der Waals surface area contributed by atoms with Gasteiger partial charge in [-0.1, -0.05) is 6.08 Å². The Balaban J connectivity index is 1.63. The van der Waals surface area contributed by atoms with Gasteiger partial charge in [-0.05, 0) is 45.6 Å². The number of alkyl halides is 3. The number of rotatable bonds is 8. The van der Waals surface area contributed by atoms with E-state index in [1.165, 1.54) is 30.8 Å². The molecule has 1 aliphatic carbocycles. The molecule has 218 valence electrons. The van der Waals surface area contributed by atoms with Crippen LogP contribution in [0.2, 0.25) is 0 Å². The maximum atomic E-state index is 13.1. The zero-order valence-corrected chi connectivity index (χ0v) is 22.9. The fraction of sp³-hybridized carbons (Fsp3) is 0.600. The average Bonchev–Trinajstić information content (AvgIpc) is 3.59. The third-order valence-corrected chi connectivity index (χ3v) is 7.86. The summed E-state index contributed by atoms with van der Waals surface area (Å²) in [4.78, 5) is 15.0. The van der Waals surface area contributed by atoms with Crippen LogP contribution in [-0.4, -0.2) is 71.1 Å². The molecule has 0 aromatic heterocycles. The third-order valence-electron chi connectivity index (χ3n) is 6.95. The Morgan fingerprint density at radius 3 is 2.85 bits per heavy atom. The summed E-state index contributed by atoms with van der Waals surface area (Å²) in [6, 6.07) is 0. The van der Waals surface area contributed by atoms with Crippen molar-refractivity contribution in [2.45, 2.75) is 57.3 Å². The van der Waals surface area contributed by atoms with E-state index in [1.807, 2.05) is 18.7 Å². The van der Waals surface area contributed by atoms with E-state index in [0.717, 1.165) is 0 Å². The SMILES string of the molecule is CC1(C)CC2CN1/C(N)=C(/C=C\CN/C=C\OCCC1(C(F)(F)F)CC1)C(=O)N[S+]([O-])C(=N)/C=C\NCCO2. The zero-order chi connectivity index (χ0) is 28.7. The van der Waals surface area contributed by atoms with Gasteiger partial charge in [0.25, 0.3) is 11.0 Å². The first-order valence-corrected chi connectivity index (χ1v) is 13.8. The summed E-state index contributed by atoms with van der Waals surface area (Å²) in [6.07, 6.45) is 5.23. The summed E-state index contributed by atoms with van der Waals surface area (Å²) < 4.78 is 64.8. The van der Waals surface area contributed by atoms with Gasteiger partial charge in [0.2, 0.25) is 0 Å². The highest BCUT2D eigenvalue weighted by atomic mass is 32.2. The Hall–Kier alpha value is -2.84. The molecule has 10 nitrogen and oxygen atoms in total. The smallest absolute Gasteiger partial charge is 0.394 e. The number of halogens is 3. The van der Waals surface area contributed by atoms with Crippen LogP contribution in [0.25, 0.3) is 0 Å². The molecule has 2 bridgehead atoms. The summed E-state index contributed by atoms with van der Waals surface area (Å²) in [7, 11) is 0. The molecule has 0 aromatic carbocycles. The molecule has 2 fully saturated rings. The van der Waals surface area contributed by atoms with Gasteiger partial charge in [0.15, 0.2) is 0 Å². The lowest BCUT2D eigenvalue weighted by Crippen LogP contribution is -2.43. The third kappa shape index (κ3) is 8.32. The van der Waals surface area contributed by atoms with E-state index in [-0.39, 0.29) is 55.0 Å². The Kier molecular flexibility index (Phi) is 10.2. The van der Waals surface area contributed by atoms with E-state index >= 15 is 0 Å². The van der Waals surface area contributed by atoms with Gasteiger partial charge in [-0.2, -0.15) is 17.9 Å². The lowest BCUT2D eigenvalue weighted by atomic mass is 10.0. The van der Waals surface area contributed by atoms with Crippen LogP contribution in [0.1, 0.15) is 39.5 Å². The van der Waals surface area contributed by atoms with Crippen LogP contribution in [0.3, 0.4) is 0 Å². The standard InChI is InChI=1S/C25H37F3N6O4S/c1-23(2)16-18-17-34(23)21(30)19(22(35)33-39(36)20(29)5-10-32-12-15-38-18)4-3-9-31-11-14-37-13-8-24(6-7-24)25(26,27)28/h3-5,10-11,14,18,29,31-32H,6-9,12-13,15-17,30H2,1-2H3,(H,33,35)/b4-3-,10-5-,14-11-,21-19-,29-20?. The van der Waals surface area contributed by atoms with Crippen LogP contribution in [0.15, 0.2) is 48.3 Å². The Labute approximate surface area is 229 Å². The van der Waals surface area contributed by atoms with Gasteiger partial charge in [-0.3, -0.25) is 10.2 Å². The predicted octanol–water partition coefficient (Wildman–Crippen LogP) is 2.27. The predicted molar refractivity (Wildman–Crippen MR) is 142 cm³/mol. The molecule has 2 unspecified atom stereocenters. The molecule has 1 amide bonds. The van der Waals surface area contributed by atoms with E-state index < -0.39 is 34.4 Å². The van der Waals surface area contributed by atoms with Gasteiger partial charge in [0.05, 0.1) is 36.6 Å². The van der Waals surface area contributed by atoms with E-state index in [2.05, 4.69) is 15.4 Å². The molecule has 1 saturated carbocycles. The minimum Gasteiger partial charge on any atom is -0.587 e. The molecule has 0 spiro atoms. The topological polar surface area (TPSA) is 148 Å². The van der Waals surface area contributed by atoms with Crippen molar-refractivity contribution in [2.24, 2.45) is 11.1 Å². The number of hydrogen-bond donors (Lipinski definition) is 5. The summed E-state index contributed by atoms with van der Waals surface area (Å²) in [5.74, 6) is -0.523. The molecule has 3 aliphatic rings.